The molecule has 1 heterocycles. The molecule has 3 N–H and O–H groups in total. The summed E-state index contributed by atoms with van der Waals surface area (Å²) in [6.45, 7) is 1.10. The topological polar surface area (TPSA) is 87.9 Å². The van der Waals surface area contributed by atoms with Gasteiger partial charge in [0.15, 0.2) is 0 Å². The summed E-state index contributed by atoms with van der Waals surface area (Å²) in [5, 5.41) is 2.45. The molecule has 0 saturated carbocycles. The minimum Gasteiger partial charge on any atom is -0.370 e. The Bertz CT molecular complexity index is 720. The van der Waals surface area contributed by atoms with E-state index in [1.54, 1.807) is 6.92 Å². The Morgan fingerprint density at radius 2 is 2.07 bits per heavy atom. The quantitative estimate of drug-likeness (QED) is 0.596. The summed E-state index contributed by atoms with van der Waals surface area (Å²) in [5.74, 6) is -1.12. The zero-order valence-electron chi connectivity index (χ0n) is 15.9. The first kappa shape index (κ1) is 23.0. The molecule has 162 valence electrons. The molecular weight excluding hydrogens is 396 g/mol. The zero-order valence-corrected chi connectivity index (χ0v) is 15.9. The molecule has 0 aliphatic carbocycles. The zero-order chi connectivity index (χ0) is 21.6. The lowest BCUT2D eigenvalue weighted by atomic mass is 10.1. The number of alkyl halides is 4. The lowest BCUT2D eigenvalue weighted by molar-refractivity contribution is -0.125. The standard InChI is InChI=1S/C18H24F4N4O3/c1-2-25(9-15(19)20)14(8-23)18(28)24-11-3-4-13(12(7-11)17(21)22)26-5-6-29-10-16(26)27/h3-4,7,14-15,17H,2,5-6,8-10,23H2,1H3,(H,24,28)/t14-/m1/s1. The van der Waals surface area contributed by atoms with Gasteiger partial charge in [0.05, 0.1) is 18.8 Å². The van der Waals surface area contributed by atoms with E-state index in [9.17, 15) is 27.2 Å². The van der Waals surface area contributed by atoms with Crippen molar-refractivity contribution in [2.45, 2.75) is 25.8 Å². The fourth-order valence-corrected chi connectivity index (χ4v) is 3.13. The molecule has 0 spiro atoms. The van der Waals surface area contributed by atoms with Crippen molar-refractivity contribution in [3.63, 3.8) is 0 Å². The van der Waals surface area contributed by atoms with Crippen LogP contribution in [0.15, 0.2) is 18.2 Å². The Kier molecular flexibility index (Phi) is 8.35. The van der Waals surface area contributed by atoms with E-state index in [2.05, 4.69) is 5.32 Å². The lowest BCUT2D eigenvalue weighted by Crippen LogP contribution is -2.50. The SMILES string of the molecule is CCN(CC(F)F)[C@H](CN)C(=O)Nc1ccc(N2CCOCC2=O)c(C(F)F)c1. The number of carbonyl (C=O) groups is 2. The maximum atomic E-state index is 13.6. The Morgan fingerprint density at radius 3 is 2.62 bits per heavy atom. The number of rotatable bonds is 9. The number of halogens is 4. The van der Waals surface area contributed by atoms with Crippen molar-refractivity contribution in [1.29, 1.82) is 0 Å². The van der Waals surface area contributed by atoms with E-state index >= 15 is 0 Å². The smallest absolute Gasteiger partial charge is 0.265 e. The second kappa shape index (κ2) is 10.5. The van der Waals surface area contributed by atoms with E-state index in [0.29, 0.717) is 0 Å². The van der Waals surface area contributed by atoms with Gasteiger partial charge in [-0.3, -0.25) is 14.5 Å². The van der Waals surface area contributed by atoms with Crippen LogP contribution in [0.5, 0.6) is 0 Å². The highest BCUT2D eigenvalue weighted by molar-refractivity contribution is 5.97. The Balaban J connectivity index is 2.22. The van der Waals surface area contributed by atoms with Crippen LogP contribution in [0.4, 0.5) is 28.9 Å². The van der Waals surface area contributed by atoms with Crippen LogP contribution in [0.2, 0.25) is 0 Å². The maximum absolute atomic E-state index is 13.6. The van der Waals surface area contributed by atoms with Crippen LogP contribution in [-0.2, 0) is 14.3 Å². The summed E-state index contributed by atoms with van der Waals surface area (Å²) in [6, 6.07) is 2.72. The van der Waals surface area contributed by atoms with Crippen LogP contribution in [0.25, 0.3) is 0 Å². The van der Waals surface area contributed by atoms with Crippen LogP contribution >= 0.6 is 0 Å². The van der Waals surface area contributed by atoms with E-state index in [4.69, 9.17) is 10.5 Å². The monoisotopic (exact) mass is 420 g/mol. The first-order chi connectivity index (χ1) is 13.8. The first-order valence-corrected chi connectivity index (χ1v) is 9.11. The number of ether oxygens (including phenoxy) is 1. The number of anilines is 2. The largest absolute Gasteiger partial charge is 0.370 e. The molecule has 11 heteroatoms. The number of amides is 2. The molecule has 1 aromatic rings. The molecule has 0 radical (unpaired) electrons. The molecule has 1 aliphatic heterocycles. The van der Waals surface area contributed by atoms with Gasteiger partial charge in [-0.2, -0.15) is 0 Å². The molecule has 1 atom stereocenters. The summed E-state index contributed by atoms with van der Waals surface area (Å²) in [5.41, 5.74) is 5.24. The average Bonchev–Trinajstić information content (AvgIpc) is 2.68. The van der Waals surface area contributed by atoms with Crippen molar-refractivity contribution >= 4 is 23.2 Å². The molecule has 1 saturated heterocycles. The molecule has 0 aromatic heterocycles. The average molecular weight is 420 g/mol. The van der Waals surface area contributed by atoms with Gasteiger partial charge >= 0.3 is 0 Å². The molecule has 1 aromatic carbocycles. The molecule has 29 heavy (non-hydrogen) atoms. The number of nitrogens with zero attached hydrogens (tertiary/aromatic N) is 2. The molecule has 2 amide bonds. The first-order valence-electron chi connectivity index (χ1n) is 9.11. The van der Waals surface area contributed by atoms with Crippen molar-refractivity contribution in [2.24, 2.45) is 5.73 Å². The third kappa shape index (κ3) is 5.87. The van der Waals surface area contributed by atoms with Crippen molar-refractivity contribution in [3.8, 4) is 0 Å². The predicted molar refractivity (Wildman–Crippen MR) is 99.3 cm³/mol. The molecule has 1 fully saturated rings. The molecular formula is C18H24F4N4O3. The highest BCUT2D eigenvalue weighted by Crippen LogP contribution is 2.33. The number of benzene rings is 1. The van der Waals surface area contributed by atoms with Gasteiger partial charge in [0.2, 0.25) is 5.91 Å². The van der Waals surface area contributed by atoms with E-state index in [0.717, 1.165) is 6.07 Å². The summed E-state index contributed by atoms with van der Waals surface area (Å²) < 4.78 is 57.6. The highest BCUT2D eigenvalue weighted by atomic mass is 19.3. The van der Waals surface area contributed by atoms with Crippen LogP contribution in [0.1, 0.15) is 18.9 Å². The summed E-state index contributed by atoms with van der Waals surface area (Å²) >= 11 is 0. The fraction of sp³-hybridized carbons (Fsp3) is 0.556. The van der Waals surface area contributed by atoms with Gasteiger partial charge in [0.25, 0.3) is 18.8 Å². The Hall–Kier alpha value is -2.24. The molecule has 0 unspecified atom stereocenters. The normalized spacial score (nSPS) is 16.0. The number of morpholine rings is 1. The van der Waals surface area contributed by atoms with E-state index in [1.165, 1.54) is 21.9 Å². The number of hydrogen-bond donors (Lipinski definition) is 2. The highest BCUT2D eigenvalue weighted by Gasteiger charge is 2.28. The number of likely N-dealkylation sites (N-methyl/N-ethyl adjacent to an activating group) is 1. The number of nitrogens with one attached hydrogen (secondary N) is 1. The van der Waals surface area contributed by atoms with Crippen LogP contribution < -0.4 is 16.0 Å². The van der Waals surface area contributed by atoms with Crippen molar-refractivity contribution in [3.05, 3.63) is 23.8 Å². The van der Waals surface area contributed by atoms with E-state index < -0.39 is 42.8 Å². The summed E-state index contributed by atoms with van der Waals surface area (Å²) in [7, 11) is 0. The van der Waals surface area contributed by atoms with Gasteiger partial charge in [-0.1, -0.05) is 6.92 Å². The maximum Gasteiger partial charge on any atom is 0.265 e. The van der Waals surface area contributed by atoms with Gasteiger partial charge < -0.3 is 20.7 Å². The van der Waals surface area contributed by atoms with Gasteiger partial charge in [0.1, 0.15) is 12.6 Å². The summed E-state index contributed by atoms with van der Waals surface area (Å²) in [6.07, 6.45) is -5.54. The van der Waals surface area contributed by atoms with Crippen LogP contribution in [0, 0.1) is 0 Å². The second-order valence-corrected chi connectivity index (χ2v) is 6.39. The molecule has 7 nitrogen and oxygen atoms in total. The number of nitrogens with two attached hydrogens (primary N) is 1. The second-order valence-electron chi connectivity index (χ2n) is 6.39. The van der Waals surface area contributed by atoms with Crippen LogP contribution in [0.3, 0.4) is 0 Å². The van der Waals surface area contributed by atoms with Gasteiger partial charge in [-0.15, -0.1) is 0 Å². The van der Waals surface area contributed by atoms with Crippen molar-refractivity contribution in [1.82, 2.24) is 4.90 Å². The van der Waals surface area contributed by atoms with Crippen molar-refractivity contribution in [2.75, 3.05) is 49.6 Å². The summed E-state index contributed by atoms with van der Waals surface area (Å²) in [4.78, 5) is 26.9. The molecule has 2 rings (SSSR count). The van der Waals surface area contributed by atoms with Crippen LogP contribution in [-0.4, -0.2) is 68.6 Å². The lowest BCUT2D eigenvalue weighted by Gasteiger charge is -2.30. The Morgan fingerprint density at radius 1 is 1.34 bits per heavy atom. The minimum atomic E-state index is -2.89. The third-order valence-corrected chi connectivity index (χ3v) is 4.55. The number of hydrogen-bond acceptors (Lipinski definition) is 5. The minimum absolute atomic E-state index is 0.0366. The van der Waals surface area contributed by atoms with E-state index in [1.807, 2.05) is 0 Å². The fourth-order valence-electron chi connectivity index (χ4n) is 3.13. The van der Waals surface area contributed by atoms with E-state index in [-0.39, 0.29) is 44.2 Å². The molecule has 0 bridgehead atoms. The van der Waals surface area contributed by atoms with Gasteiger partial charge in [-0.05, 0) is 24.7 Å². The Labute approximate surface area is 165 Å². The van der Waals surface area contributed by atoms with Gasteiger partial charge in [0, 0.05) is 24.3 Å². The van der Waals surface area contributed by atoms with Crippen molar-refractivity contribution < 1.29 is 31.9 Å². The molecule has 1 aliphatic rings. The predicted octanol–water partition coefficient (Wildman–Crippen LogP) is 1.84. The number of carbonyl (C=O) groups excluding carboxylic acids is 2. The third-order valence-electron chi connectivity index (χ3n) is 4.55. The van der Waals surface area contributed by atoms with Gasteiger partial charge in [-0.25, -0.2) is 17.6 Å².